The van der Waals surface area contributed by atoms with E-state index in [1.807, 2.05) is 55.7 Å². The largest absolute Gasteiger partial charge is 0.485 e. The number of nitrogens with one attached hydrogen (secondary N) is 1. The molecule has 0 atom stereocenters. The van der Waals surface area contributed by atoms with Gasteiger partial charge < -0.3 is 19.4 Å². The molecule has 1 N–H and O–H groups in total. The first kappa shape index (κ1) is 25.7. The van der Waals surface area contributed by atoms with E-state index in [-0.39, 0.29) is 18.3 Å². The number of carbonyl (C=O) groups is 2. The predicted octanol–water partition coefficient (Wildman–Crippen LogP) is 5.60. The SMILES string of the molecule is COC(=O)c1c(-c2ccc(Cl)cc2)csc1NC(=O)CSc1nnc(COc2ccccc2C)n1C. The molecule has 8 nitrogen and oxygen atoms in total. The fourth-order valence-corrected chi connectivity index (χ4v) is 5.18. The number of amides is 1. The average molecular weight is 543 g/mol. The van der Waals surface area contributed by atoms with Crippen molar-refractivity contribution >= 4 is 51.6 Å². The first-order valence-corrected chi connectivity index (χ1v) is 13.1. The lowest BCUT2D eigenvalue weighted by atomic mass is 10.0. The summed E-state index contributed by atoms with van der Waals surface area (Å²) in [6.45, 7) is 2.23. The standard InChI is InChI=1S/C25H23ClN4O4S2/c1-15-6-4-5-7-19(15)34-12-20-28-29-25(30(20)2)36-14-21(31)27-23-22(24(32)33-3)18(13-35-23)16-8-10-17(26)11-9-16/h4-11,13H,12,14H2,1-3H3,(H,27,31). The molecule has 4 aromatic rings. The van der Waals surface area contributed by atoms with Crippen molar-refractivity contribution in [2.45, 2.75) is 18.7 Å². The Morgan fingerprint density at radius 1 is 1.14 bits per heavy atom. The van der Waals surface area contributed by atoms with Crippen LogP contribution in [0.2, 0.25) is 5.02 Å². The number of hydrogen-bond acceptors (Lipinski definition) is 8. The molecular formula is C25H23ClN4O4S2. The number of methoxy groups -OCH3 is 1. The minimum Gasteiger partial charge on any atom is -0.485 e. The first-order chi connectivity index (χ1) is 17.4. The van der Waals surface area contributed by atoms with Gasteiger partial charge in [0.1, 0.15) is 22.9 Å². The summed E-state index contributed by atoms with van der Waals surface area (Å²) in [5, 5.41) is 14.6. The fourth-order valence-electron chi connectivity index (χ4n) is 3.35. The second-order valence-electron chi connectivity index (χ2n) is 7.70. The highest BCUT2D eigenvalue weighted by Crippen LogP contribution is 2.36. The number of thiophene rings is 1. The molecule has 2 aromatic heterocycles. The number of para-hydroxylation sites is 1. The topological polar surface area (TPSA) is 95.3 Å². The number of hydrogen-bond donors (Lipinski definition) is 1. The van der Waals surface area contributed by atoms with Crippen molar-refractivity contribution in [2.24, 2.45) is 7.05 Å². The normalized spacial score (nSPS) is 10.8. The van der Waals surface area contributed by atoms with E-state index >= 15 is 0 Å². The molecule has 0 aliphatic carbocycles. The lowest BCUT2D eigenvalue weighted by Crippen LogP contribution is -2.16. The highest BCUT2D eigenvalue weighted by atomic mass is 35.5. The minimum absolute atomic E-state index is 0.0828. The summed E-state index contributed by atoms with van der Waals surface area (Å²) in [4.78, 5) is 25.2. The van der Waals surface area contributed by atoms with Crippen LogP contribution < -0.4 is 10.1 Å². The van der Waals surface area contributed by atoms with Crippen molar-refractivity contribution in [3.05, 3.63) is 75.9 Å². The van der Waals surface area contributed by atoms with Crippen molar-refractivity contribution in [2.75, 3.05) is 18.2 Å². The smallest absolute Gasteiger partial charge is 0.341 e. The van der Waals surface area contributed by atoms with E-state index < -0.39 is 5.97 Å². The van der Waals surface area contributed by atoms with E-state index in [1.54, 1.807) is 16.7 Å². The van der Waals surface area contributed by atoms with Crippen LogP contribution in [0, 0.1) is 6.92 Å². The van der Waals surface area contributed by atoms with Gasteiger partial charge in [-0.3, -0.25) is 4.79 Å². The van der Waals surface area contributed by atoms with Gasteiger partial charge in [-0.25, -0.2) is 4.79 Å². The zero-order valence-corrected chi connectivity index (χ0v) is 22.2. The molecule has 0 spiro atoms. The predicted molar refractivity (Wildman–Crippen MR) is 142 cm³/mol. The molecule has 0 unspecified atom stereocenters. The van der Waals surface area contributed by atoms with Gasteiger partial charge in [0.05, 0.1) is 12.9 Å². The number of carbonyl (C=O) groups excluding carboxylic acids is 2. The van der Waals surface area contributed by atoms with Gasteiger partial charge in [-0.05, 0) is 36.2 Å². The third kappa shape index (κ3) is 5.89. The summed E-state index contributed by atoms with van der Waals surface area (Å²) in [6, 6.07) is 14.8. The monoisotopic (exact) mass is 542 g/mol. The molecule has 0 radical (unpaired) electrons. The number of aryl methyl sites for hydroxylation is 1. The molecule has 186 valence electrons. The zero-order chi connectivity index (χ0) is 25.7. The molecule has 2 heterocycles. The third-order valence-electron chi connectivity index (χ3n) is 5.30. The van der Waals surface area contributed by atoms with E-state index in [9.17, 15) is 9.59 Å². The maximum absolute atomic E-state index is 12.7. The molecule has 0 saturated heterocycles. The molecule has 2 aromatic carbocycles. The van der Waals surface area contributed by atoms with Crippen LogP contribution in [0.3, 0.4) is 0 Å². The lowest BCUT2D eigenvalue weighted by Gasteiger charge is -2.09. The van der Waals surface area contributed by atoms with Gasteiger partial charge in [0.15, 0.2) is 11.0 Å². The number of benzene rings is 2. The van der Waals surface area contributed by atoms with Gasteiger partial charge in [-0.15, -0.1) is 21.5 Å². The number of anilines is 1. The van der Waals surface area contributed by atoms with Crippen molar-refractivity contribution in [3.63, 3.8) is 0 Å². The molecule has 4 rings (SSSR count). The number of esters is 1. The Bertz CT molecular complexity index is 1390. The summed E-state index contributed by atoms with van der Waals surface area (Å²) < 4.78 is 12.6. The number of rotatable bonds is 9. The highest BCUT2D eigenvalue weighted by molar-refractivity contribution is 7.99. The van der Waals surface area contributed by atoms with Gasteiger partial charge in [-0.1, -0.05) is 53.7 Å². The van der Waals surface area contributed by atoms with Crippen molar-refractivity contribution in [1.29, 1.82) is 0 Å². The Kier molecular flexibility index (Phi) is 8.29. The summed E-state index contributed by atoms with van der Waals surface area (Å²) in [7, 11) is 3.13. The van der Waals surface area contributed by atoms with Crippen LogP contribution in [-0.2, 0) is 23.2 Å². The second-order valence-corrected chi connectivity index (χ2v) is 9.96. The van der Waals surface area contributed by atoms with Gasteiger partial charge >= 0.3 is 5.97 Å². The maximum atomic E-state index is 12.7. The number of halogens is 1. The Hall–Kier alpha value is -3.34. The average Bonchev–Trinajstić information content (AvgIpc) is 3.45. The van der Waals surface area contributed by atoms with Crippen LogP contribution in [0.1, 0.15) is 21.7 Å². The molecule has 11 heteroatoms. The molecular weight excluding hydrogens is 520 g/mol. The number of aromatic nitrogens is 3. The molecule has 0 saturated carbocycles. The molecule has 0 fully saturated rings. The lowest BCUT2D eigenvalue weighted by molar-refractivity contribution is -0.113. The Morgan fingerprint density at radius 3 is 2.61 bits per heavy atom. The van der Waals surface area contributed by atoms with Gasteiger partial charge in [-0.2, -0.15) is 0 Å². The van der Waals surface area contributed by atoms with E-state index in [4.69, 9.17) is 21.1 Å². The first-order valence-electron chi connectivity index (χ1n) is 10.8. The number of thioether (sulfide) groups is 1. The molecule has 0 aliphatic rings. The van der Waals surface area contributed by atoms with Crippen molar-refractivity contribution < 1.29 is 19.1 Å². The van der Waals surface area contributed by atoms with Gasteiger partial charge in [0.2, 0.25) is 5.91 Å². The molecule has 36 heavy (non-hydrogen) atoms. The Morgan fingerprint density at radius 2 is 1.89 bits per heavy atom. The van der Waals surface area contributed by atoms with Gasteiger partial charge in [0, 0.05) is 23.0 Å². The molecule has 0 aliphatic heterocycles. The third-order valence-corrected chi connectivity index (χ3v) is 7.46. The maximum Gasteiger partial charge on any atom is 0.341 e. The van der Waals surface area contributed by atoms with Crippen LogP contribution in [0.4, 0.5) is 5.00 Å². The number of ether oxygens (including phenoxy) is 2. The zero-order valence-electron chi connectivity index (χ0n) is 19.8. The van der Waals surface area contributed by atoms with Crippen molar-refractivity contribution in [3.8, 4) is 16.9 Å². The summed E-state index contributed by atoms with van der Waals surface area (Å²) in [5.41, 5.74) is 2.80. The van der Waals surface area contributed by atoms with Crippen LogP contribution in [0.15, 0.2) is 59.1 Å². The van der Waals surface area contributed by atoms with Crippen LogP contribution in [0.25, 0.3) is 11.1 Å². The summed E-state index contributed by atoms with van der Waals surface area (Å²) in [5.74, 6) is 0.690. The van der Waals surface area contributed by atoms with E-state index in [2.05, 4.69) is 15.5 Å². The van der Waals surface area contributed by atoms with Crippen molar-refractivity contribution in [1.82, 2.24) is 14.8 Å². The number of nitrogens with zero attached hydrogens (tertiary/aromatic N) is 3. The van der Waals surface area contributed by atoms with Crippen LogP contribution >= 0.6 is 34.7 Å². The van der Waals surface area contributed by atoms with Crippen LogP contribution in [-0.4, -0.2) is 39.5 Å². The van der Waals surface area contributed by atoms with Crippen LogP contribution in [0.5, 0.6) is 5.75 Å². The quantitative estimate of drug-likeness (QED) is 0.217. The summed E-state index contributed by atoms with van der Waals surface area (Å²) in [6.07, 6.45) is 0. The minimum atomic E-state index is -0.532. The molecule has 1 amide bonds. The Labute approximate surface area is 221 Å². The van der Waals surface area contributed by atoms with Gasteiger partial charge in [0.25, 0.3) is 0 Å². The molecule has 0 bridgehead atoms. The fraction of sp³-hybridized carbons (Fsp3) is 0.200. The van der Waals surface area contributed by atoms with E-state index in [1.165, 1.54) is 30.2 Å². The summed E-state index contributed by atoms with van der Waals surface area (Å²) >= 11 is 8.48. The highest BCUT2D eigenvalue weighted by Gasteiger charge is 2.23. The second kappa shape index (κ2) is 11.6. The van der Waals surface area contributed by atoms with E-state index in [0.717, 1.165) is 16.9 Å². The Balaban J connectivity index is 1.40. The van der Waals surface area contributed by atoms with E-state index in [0.29, 0.717) is 32.1 Å².